The molecular weight excluding hydrogens is 457 g/mol. The third-order valence-corrected chi connectivity index (χ3v) is 4.13. The molecule has 0 atom stereocenters. The van der Waals surface area contributed by atoms with Crippen LogP contribution in [-0.2, 0) is 4.79 Å². The normalized spacial score (nSPS) is 12.9. The van der Waals surface area contributed by atoms with Crippen LogP contribution in [0.1, 0.15) is 0 Å². The van der Waals surface area contributed by atoms with E-state index in [9.17, 15) is 45.6 Å². The lowest BCUT2D eigenvalue weighted by atomic mass is 10.0. The average Bonchev–Trinajstić information content (AvgIpc) is 2.53. The van der Waals surface area contributed by atoms with Crippen molar-refractivity contribution in [3.8, 4) is 0 Å². The minimum atomic E-state index is -6.58. The van der Waals surface area contributed by atoms with Crippen molar-refractivity contribution in [2.45, 2.75) is 18.0 Å². The molecule has 0 fully saturated rings. The number of rotatable bonds is 3. The highest BCUT2D eigenvalue weighted by atomic mass is 79.9. The molecule has 5 nitrogen and oxygen atoms in total. The first-order valence-electron chi connectivity index (χ1n) is 6.71. The van der Waals surface area contributed by atoms with Gasteiger partial charge in [0, 0.05) is 15.9 Å². The Bertz CT molecular complexity index is 913. The summed E-state index contributed by atoms with van der Waals surface area (Å²) in [5, 5.41) is 11.9. The number of benzene rings is 2. The Morgan fingerprint density at radius 3 is 1.93 bits per heavy atom. The fourth-order valence-corrected chi connectivity index (χ4v) is 2.75. The minimum Gasteiger partial charge on any atom is -0.321 e. The molecule has 2 aromatic rings. The molecule has 1 amide bonds. The summed E-state index contributed by atoms with van der Waals surface area (Å²) in [6.07, 6.45) is -13.2. The molecule has 1 N–H and O–H groups in total. The van der Waals surface area contributed by atoms with E-state index in [0.717, 1.165) is 18.2 Å². The molecule has 0 bridgehead atoms. The highest BCUT2D eigenvalue weighted by Crippen LogP contribution is 2.47. The van der Waals surface area contributed by atoms with E-state index in [2.05, 4.69) is 15.9 Å². The van der Waals surface area contributed by atoms with Crippen molar-refractivity contribution in [3.05, 3.63) is 44.9 Å². The van der Waals surface area contributed by atoms with Crippen molar-refractivity contribution >= 4 is 44.0 Å². The summed E-state index contributed by atoms with van der Waals surface area (Å²) in [4.78, 5) is 21.9. The van der Waals surface area contributed by atoms with Gasteiger partial charge >= 0.3 is 18.0 Å². The van der Waals surface area contributed by atoms with Crippen LogP contribution in [0.2, 0.25) is 0 Å². The fraction of sp³-hybridized carbons (Fsp3) is 0.214. The molecule has 0 saturated heterocycles. The highest BCUT2D eigenvalue weighted by Gasteiger charge is 2.77. The van der Waals surface area contributed by atoms with Crippen LogP contribution >= 0.6 is 15.9 Å². The van der Waals surface area contributed by atoms with Gasteiger partial charge < -0.3 is 5.32 Å². The standard InChI is InChI=1S/C14H6BrF7N2O3/c15-8-5-9(24(26)27)6-3-1-2-4-7(6)10(8)23-11(25)12(16,13(17,18)19)14(20,21)22/h1-5H,(H,23,25). The molecule has 0 aliphatic rings. The van der Waals surface area contributed by atoms with Crippen LogP contribution in [0.15, 0.2) is 34.8 Å². The number of fused-ring (bicyclic) bond motifs is 1. The molecule has 0 aliphatic heterocycles. The monoisotopic (exact) mass is 462 g/mol. The molecule has 146 valence electrons. The number of amides is 1. The maximum Gasteiger partial charge on any atom is 0.441 e. The van der Waals surface area contributed by atoms with E-state index in [1.54, 1.807) is 0 Å². The molecule has 0 radical (unpaired) electrons. The van der Waals surface area contributed by atoms with E-state index >= 15 is 0 Å². The second kappa shape index (κ2) is 6.62. The SMILES string of the molecule is O=C(Nc1c(Br)cc([N+](=O)[O-])c2ccccc12)C(F)(C(F)(F)F)C(F)(F)F. The van der Waals surface area contributed by atoms with Gasteiger partial charge in [-0.2, -0.15) is 26.3 Å². The molecule has 0 aromatic heterocycles. The van der Waals surface area contributed by atoms with Crippen molar-refractivity contribution < 1.29 is 40.5 Å². The number of nitrogens with zero attached hydrogens (tertiary/aromatic N) is 1. The first-order valence-corrected chi connectivity index (χ1v) is 7.50. The van der Waals surface area contributed by atoms with Gasteiger partial charge in [-0.3, -0.25) is 14.9 Å². The molecule has 0 aliphatic carbocycles. The van der Waals surface area contributed by atoms with Gasteiger partial charge in [-0.1, -0.05) is 18.2 Å². The molecule has 0 unspecified atom stereocenters. The molecule has 27 heavy (non-hydrogen) atoms. The van der Waals surface area contributed by atoms with E-state index in [1.165, 1.54) is 17.4 Å². The van der Waals surface area contributed by atoms with Crippen molar-refractivity contribution in [2.24, 2.45) is 0 Å². The number of hydrogen-bond acceptors (Lipinski definition) is 3. The van der Waals surface area contributed by atoms with Crippen LogP contribution in [0.5, 0.6) is 0 Å². The molecular formula is C14H6BrF7N2O3. The Morgan fingerprint density at radius 1 is 1.00 bits per heavy atom. The fourth-order valence-electron chi connectivity index (χ4n) is 2.22. The van der Waals surface area contributed by atoms with E-state index in [1.807, 2.05) is 0 Å². The number of nitrogens with one attached hydrogen (secondary N) is 1. The van der Waals surface area contributed by atoms with Gasteiger partial charge in [0.25, 0.3) is 11.6 Å². The predicted molar refractivity (Wildman–Crippen MR) is 82.9 cm³/mol. The van der Waals surface area contributed by atoms with Crippen LogP contribution in [0, 0.1) is 10.1 Å². The van der Waals surface area contributed by atoms with Crippen LogP contribution in [0.25, 0.3) is 10.8 Å². The zero-order valence-electron chi connectivity index (χ0n) is 12.6. The van der Waals surface area contributed by atoms with Gasteiger partial charge in [0.05, 0.1) is 16.0 Å². The van der Waals surface area contributed by atoms with Crippen LogP contribution in [0.4, 0.5) is 42.1 Å². The predicted octanol–water partition coefficient (Wildman–Crippen LogP) is 5.28. The largest absolute Gasteiger partial charge is 0.441 e. The maximum absolute atomic E-state index is 13.8. The first-order chi connectivity index (χ1) is 12.2. The van der Waals surface area contributed by atoms with Crippen molar-refractivity contribution in [1.29, 1.82) is 0 Å². The number of alkyl halides is 7. The van der Waals surface area contributed by atoms with Crippen LogP contribution in [0.3, 0.4) is 0 Å². The molecule has 0 heterocycles. The second-order valence-corrected chi connectivity index (χ2v) is 6.02. The summed E-state index contributed by atoms with van der Waals surface area (Å²) in [6.45, 7) is 0. The number of anilines is 1. The van der Waals surface area contributed by atoms with Gasteiger partial charge in [-0.15, -0.1) is 0 Å². The van der Waals surface area contributed by atoms with Crippen LogP contribution in [-0.4, -0.2) is 28.9 Å². The lowest BCUT2D eigenvalue weighted by molar-refractivity contribution is -0.383. The summed E-state index contributed by atoms with van der Waals surface area (Å²) >= 11 is 2.73. The quantitative estimate of drug-likeness (QED) is 0.383. The van der Waals surface area contributed by atoms with Gasteiger partial charge in [-0.25, -0.2) is 4.39 Å². The number of carbonyl (C=O) groups is 1. The summed E-state index contributed by atoms with van der Waals surface area (Å²) in [7, 11) is 0. The van der Waals surface area contributed by atoms with E-state index in [4.69, 9.17) is 0 Å². The van der Waals surface area contributed by atoms with Crippen LogP contribution < -0.4 is 5.32 Å². The summed E-state index contributed by atoms with van der Waals surface area (Å²) in [6, 6.07) is 5.61. The third-order valence-electron chi connectivity index (χ3n) is 3.50. The second-order valence-electron chi connectivity index (χ2n) is 5.16. The highest BCUT2D eigenvalue weighted by molar-refractivity contribution is 9.10. The summed E-state index contributed by atoms with van der Waals surface area (Å²) in [5.74, 6) is -3.03. The molecule has 13 heteroatoms. The lowest BCUT2D eigenvalue weighted by Crippen LogP contribution is -2.61. The van der Waals surface area contributed by atoms with Gasteiger partial charge in [0.15, 0.2) is 0 Å². The Balaban J connectivity index is 2.66. The molecule has 0 saturated carbocycles. The maximum atomic E-state index is 13.8. The average molecular weight is 463 g/mol. The van der Waals surface area contributed by atoms with Gasteiger partial charge in [0.2, 0.25) is 0 Å². The summed E-state index contributed by atoms with van der Waals surface area (Å²) < 4.78 is 89.5. The Kier molecular flexibility index (Phi) is 5.12. The number of nitro groups is 1. The summed E-state index contributed by atoms with van der Waals surface area (Å²) in [5.41, 5.74) is -7.40. The zero-order valence-corrected chi connectivity index (χ0v) is 14.2. The van der Waals surface area contributed by atoms with Crippen molar-refractivity contribution in [1.82, 2.24) is 0 Å². The van der Waals surface area contributed by atoms with Crippen molar-refractivity contribution in [2.75, 3.05) is 5.32 Å². The van der Waals surface area contributed by atoms with Crippen molar-refractivity contribution in [3.63, 3.8) is 0 Å². The third kappa shape index (κ3) is 3.42. The Morgan fingerprint density at radius 2 is 1.48 bits per heavy atom. The molecule has 2 aromatic carbocycles. The Hall–Kier alpha value is -2.44. The number of carbonyl (C=O) groups excluding carboxylic acids is 1. The number of nitro benzene ring substituents is 1. The van der Waals surface area contributed by atoms with Gasteiger partial charge in [-0.05, 0) is 22.0 Å². The molecule has 0 spiro atoms. The number of halogens is 8. The number of non-ortho nitro benzene ring substituents is 1. The number of hydrogen-bond donors (Lipinski definition) is 1. The lowest BCUT2D eigenvalue weighted by Gasteiger charge is -2.28. The Labute approximate surface area is 153 Å². The first kappa shape index (κ1) is 20.9. The van der Waals surface area contributed by atoms with Gasteiger partial charge in [0.1, 0.15) is 0 Å². The van der Waals surface area contributed by atoms with E-state index in [0.29, 0.717) is 0 Å². The zero-order chi connectivity index (χ0) is 20.8. The van der Waals surface area contributed by atoms with E-state index in [-0.39, 0.29) is 10.8 Å². The van der Waals surface area contributed by atoms with E-state index < -0.39 is 44.7 Å². The molecule has 2 rings (SSSR count). The topological polar surface area (TPSA) is 72.2 Å². The minimum absolute atomic E-state index is 0.190. The smallest absolute Gasteiger partial charge is 0.321 e.